The second kappa shape index (κ2) is 3.80. The van der Waals surface area contributed by atoms with Crippen molar-refractivity contribution in [1.82, 2.24) is 0 Å². The first-order chi connectivity index (χ1) is 6.46. The number of hydrogen-bond donors (Lipinski definition) is 2. The van der Waals surface area contributed by atoms with E-state index >= 15 is 0 Å². The zero-order chi connectivity index (χ0) is 10.8. The van der Waals surface area contributed by atoms with Crippen LogP contribution in [0.15, 0.2) is 30.3 Å². The van der Waals surface area contributed by atoms with Crippen molar-refractivity contribution in [2.24, 2.45) is 5.73 Å². The van der Waals surface area contributed by atoms with Crippen molar-refractivity contribution in [3.63, 3.8) is 0 Å². The van der Waals surface area contributed by atoms with Crippen LogP contribution in [0.3, 0.4) is 0 Å². The van der Waals surface area contributed by atoms with Crippen LogP contribution in [0.5, 0.6) is 0 Å². The molecule has 3 nitrogen and oxygen atoms in total. The van der Waals surface area contributed by atoms with E-state index in [1.807, 2.05) is 37.3 Å². The monoisotopic (exact) mass is 193 g/mol. The van der Waals surface area contributed by atoms with Gasteiger partial charge in [-0.05, 0) is 12.5 Å². The predicted molar refractivity (Wildman–Crippen MR) is 55.1 cm³/mol. The molecule has 0 aromatic heterocycles. The lowest BCUT2D eigenvalue weighted by atomic mass is 9.83. The first-order valence-electron chi connectivity index (χ1n) is 4.53. The molecule has 0 spiro atoms. The minimum Gasteiger partial charge on any atom is -0.480 e. The Morgan fingerprint density at radius 2 is 1.93 bits per heavy atom. The zero-order valence-corrected chi connectivity index (χ0v) is 8.40. The Labute approximate surface area is 83.6 Å². The molecule has 2 atom stereocenters. The van der Waals surface area contributed by atoms with Gasteiger partial charge in [0.1, 0.15) is 5.54 Å². The highest BCUT2D eigenvalue weighted by molar-refractivity contribution is 5.79. The van der Waals surface area contributed by atoms with Gasteiger partial charge >= 0.3 is 5.97 Å². The van der Waals surface area contributed by atoms with Crippen molar-refractivity contribution < 1.29 is 9.90 Å². The molecular formula is C11H15NO2. The third-order valence-electron chi connectivity index (χ3n) is 2.66. The standard InChI is InChI=1S/C11H15NO2/c1-8(11(2,12)10(13)14)9-6-4-3-5-7-9/h3-8H,12H2,1-2H3,(H,13,14)/t8-,11+/m0/s1. The minimum atomic E-state index is -1.22. The van der Waals surface area contributed by atoms with Gasteiger partial charge in [-0.2, -0.15) is 0 Å². The van der Waals surface area contributed by atoms with E-state index in [2.05, 4.69) is 0 Å². The Bertz CT molecular complexity index is 319. The molecule has 0 saturated carbocycles. The highest BCUT2D eigenvalue weighted by Crippen LogP contribution is 2.25. The Kier molecular flexibility index (Phi) is 2.91. The third kappa shape index (κ3) is 1.93. The molecule has 0 amide bonds. The molecule has 0 heterocycles. The van der Waals surface area contributed by atoms with Crippen molar-refractivity contribution in [1.29, 1.82) is 0 Å². The number of nitrogens with two attached hydrogens (primary N) is 1. The summed E-state index contributed by atoms with van der Waals surface area (Å²) in [6.45, 7) is 3.36. The van der Waals surface area contributed by atoms with E-state index in [1.54, 1.807) is 0 Å². The quantitative estimate of drug-likeness (QED) is 0.766. The fraction of sp³-hybridized carbons (Fsp3) is 0.364. The van der Waals surface area contributed by atoms with Gasteiger partial charge in [0, 0.05) is 5.92 Å². The lowest BCUT2D eigenvalue weighted by molar-refractivity contribution is -0.143. The molecular weight excluding hydrogens is 178 g/mol. The van der Waals surface area contributed by atoms with Gasteiger partial charge < -0.3 is 10.8 Å². The summed E-state index contributed by atoms with van der Waals surface area (Å²) in [6, 6.07) is 9.43. The SMILES string of the molecule is C[C@@H](c1ccccc1)[C@@](C)(N)C(=O)O. The number of carbonyl (C=O) groups is 1. The molecule has 0 aliphatic carbocycles. The molecule has 0 unspecified atom stereocenters. The van der Waals surface area contributed by atoms with Crippen LogP contribution in [0.4, 0.5) is 0 Å². The average Bonchev–Trinajstić information content (AvgIpc) is 2.17. The summed E-state index contributed by atoms with van der Waals surface area (Å²) in [6.07, 6.45) is 0. The van der Waals surface area contributed by atoms with E-state index in [1.165, 1.54) is 6.92 Å². The van der Waals surface area contributed by atoms with Crippen LogP contribution >= 0.6 is 0 Å². The Morgan fingerprint density at radius 3 is 2.36 bits per heavy atom. The maximum absolute atomic E-state index is 10.9. The fourth-order valence-electron chi connectivity index (χ4n) is 1.27. The lowest BCUT2D eigenvalue weighted by Gasteiger charge is -2.27. The highest BCUT2D eigenvalue weighted by Gasteiger charge is 2.35. The van der Waals surface area contributed by atoms with Crippen molar-refractivity contribution in [3.05, 3.63) is 35.9 Å². The van der Waals surface area contributed by atoms with Crippen LogP contribution in [-0.4, -0.2) is 16.6 Å². The van der Waals surface area contributed by atoms with Gasteiger partial charge in [0.2, 0.25) is 0 Å². The molecule has 0 radical (unpaired) electrons. The molecule has 0 saturated heterocycles. The maximum atomic E-state index is 10.9. The van der Waals surface area contributed by atoms with Crippen LogP contribution < -0.4 is 5.73 Å². The van der Waals surface area contributed by atoms with E-state index in [-0.39, 0.29) is 5.92 Å². The summed E-state index contributed by atoms with van der Waals surface area (Å²) in [5.74, 6) is -1.19. The van der Waals surface area contributed by atoms with E-state index < -0.39 is 11.5 Å². The van der Waals surface area contributed by atoms with Crippen molar-refractivity contribution in [2.45, 2.75) is 25.3 Å². The van der Waals surface area contributed by atoms with Crippen LogP contribution in [0.25, 0.3) is 0 Å². The van der Waals surface area contributed by atoms with Crippen LogP contribution in [0.2, 0.25) is 0 Å². The van der Waals surface area contributed by atoms with Crippen molar-refractivity contribution in [2.75, 3.05) is 0 Å². The molecule has 1 aromatic rings. The average molecular weight is 193 g/mol. The maximum Gasteiger partial charge on any atom is 0.324 e. The van der Waals surface area contributed by atoms with E-state index in [0.29, 0.717) is 0 Å². The Morgan fingerprint density at radius 1 is 1.43 bits per heavy atom. The van der Waals surface area contributed by atoms with Gasteiger partial charge in [0.05, 0.1) is 0 Å². The smallest absolute Gasteiger partial charge is 0.324 e. The van der Waals surface area contributed by atoms with Gasteiger partial charge in [-0.3, -0.25) is 4.79 Å². The lowest BCUT2D eigenvalue weighted by Crippen LogP contribution is -2.49. The van der Waals surface area contributed by atoms with Gasteiger partial charge in [0.25, 0.3) is 0 Å². The fourth-order valence-corrected chi connectivity index (χ4v) is 1.27. The van der Waals surface area contributed by atoms with Crippen LogP contribution in [0.1, 0.15) is 25.3 Å². The first-order valence-corrected chi connectivity index (χ1v) is 4.53. The summed E-state index contributed by atoms with van der Waals surface area (Å²) in [7, 11) is 0. The summed E-state index contributed by atoms with van der Waals surface area (Å²) in [5, 5.41) is 8.95. The topological polar surface area (TPSA) is 63.3 Å². The van der Waals surface area contributed by atoms with Crippen LogP contribution in [-0.2, 0) is 4.79 Å². The van der Waals surface area contributed by atoms with Crippen LogP contribution in [0, 0.1) is 0 Å². The predicted octanol–water partition coefficient (Wildman–Crippen LogP) is 1.59. The second-order valence-corrected chi connectivity index (χ2v) is 3.72. The molecule has 1 aromatic carbocycles. The molecule has 1 rings (SSSR count). The number of benzene rings is 1. The van der Waals surface area contributed by atoms with Gasteiger partial charge in [-0.1, -0.05) is 37.3 Å². The normalized spacial score (nSPS) is 17.1. The highest BCUT2D eigenvalue weighted by atomic mass is 16.4. The molecule has 76 valence electrons. The second-order valence-electron chi connectivity index (χ2n) is 3.72. The van der Waals surface area contributed by atoms with E-state index in [4.69, 9.17) is 10.8 Å². The number of aliphatic carboxylic acids is 1. The third-order valence-corrected chi connectivity index (χ3v) is 2.66. The first kappa shape index (κ1) is 10.7. The van der Waals surface area contributed by atoms with Gasteiger partial charge in [-0.25, -0.2) is 0 Å². The van der Waals surface area contributed by atoms with Crippen molar-refractivity contribution in [3.8, 4) is 0 Å². The number of carboxylic acids is 1. The van der Waals surface area contributed by atoms with E-state index in [9.17, 15) is 4.79 Å². The molecule has 3 heteroatoms. The van der Waals surface area contributed by atoms with Crippen molar-refractivity contribution >= 4 is 5.97 Å². The summed E-state index contributed by atoms with van der Waals surface area (Å²) >= 11 is 0. The number of hydrogen-bond acceptors (Lipinski definition) is 2. The Hall–Kier alpha value is -1.35. The molecule has 0 aliphatic heterocycles. The van der Waals surface area contributed by atoms with Gasteiger partial charge in [0.15, 0.2) is 0 Å². The number of carboxylic acid groups (broad SMARTS) is 1. The summed E-state index contributed by atoms with van der Waals surface area (Å²) < 4.78 is 0. The van der Waals surface area contributed by atoms with Gasteiger partial charge in [-0.15, -0.1) is 0 Å². The molecule has 14 heavy (non-hydrogen) atoms. The molecule has 3 N–H and O–H groups in total. The summed E-state index contributed by atoms with van der Waals surface area (Å²) in [4.78, 5) is 10.9. The van der Waals surface area contributed by atoms with E-state index in [0.717, 1.165) is 5.56 Å². The molecule has 0 bridgehead atoms. The minimum absolute atomic E-state index is 0.207. The zero-order valence-electron chi connectivity index (χ0n) is 8.40. The molecule has 0 aliphatic rings. The largest absolute Gasteiger partial charge is 0.480 e. The Balaban J connectivity index is 2.96. The summed E-state index contributed by atoms with van der Waals surface area (Å²) in [5.41, 5.74) is 5.46. The number of rotatable bonds is 3. The molecule has 0 fully saturated rings.